The number of H-pyrrole nitrogens is 1. The normalized spacial score (nSPS) is 15.9. The van der Waals surface area contributed by atoms with Gasteiger partial charge in [-0.05, 0) is 31.4 Å². The maximum atomic E-state index is 5.39. The van der Waals surface area contributed by atoms with Crippen molar-refractivity contribution < 1.29 is 4.42 Å². The molecule has 1 aliphatic heterocycles. The van der Waals surface area contributed by atoms with Crippen LogP contribution in [0.5, 0.6) is 0 Å². The molecular formula is C17H27IN6O. The van der Waals surface area contributed by atoms with Crippen LogP contribution in [0.3, 0.4) is 0 Å². The first-order valence-corrected chi connectivity index (χ1v) is 8.77. The molecule has 2 aromatic heterocycles. The summed E-state index contributed by atoms with van der Waals surface area (Å²) in [6, 6.07) is 3.93. The molecule has 25 heavy (non-hydrogen) atoms. The molecule has 8 heteroatoms. The van der Waals surface area contributed by atoms with Gasteiger partial charge in [0.05, 0.1) is 6.26 Å². The van der Waals surface area contributed by atoms with Gasteiger partial charge < -0.3 is 14.6 Å². The number of hydrogen-bond acceptors (Lipinski definition) is 4. The third-order valence-electron chi connectivity index (χ3n) is 4.33. The lowest BCUT2D eigenvalue weighted by atomic mass is 9.96. The predicted octanol–water partition coefficient (Wildman–Crippen LogP) is 2.79. The number of nitrogens with one attached hydrogen (secondary N) is 2. The average Bonchev–Trinajstić information content (AvgIpc) is 3.32. The van der Waals surface area contributed by atoms with Gasteiger partial charge in [-0.3, -0.25) is 10.1 Å². The van der Waals surface area contributed by atoms with E-state index in [0.717, 1.165) is 69.4 Å². The topological polar surface area (TPSA) is 82.3 Å². The highest BCUT2D eigenvalue weighted by Crippen LogP contribution is 2.24. The van der Waals surface area contributed by atoms with E-state index >= 15 is 0 Å². The molecule has 3 rings (SSSR count). The van der Waals surface area contributed by atoms with Crippen molar-refractivity contribution >= 4 is 29.9 Å². The predicted molar refractivity (Wildman–Crippen MR) is 108 cm³/mol. The van der Waals surface area contributed by atoms with Crippen LogP contribution in [0.4, 0.5) is 0 Å². The number of piperidine rings is 1. The van der Waals surface area contributed by atoms with Crippen LogP contribution in [0.25, 0.3) is 0 Å². The third kappa shape index (κ3) is 5.72. The average molecular weight is 458 g/mol. The molecular weight excluding hydrogens is 431 g/mol. The summed E-state index contributed by atoms with van der Waals surface area (Å²) < 4.78 is 5.39. The molecule has 1 saturated heterocycles. The third-order valence-corrected chi connectivity index (χ3v) is 4.33. The van der Waals surface area contributed by atoms with Crippen LogP contribution in [0.15, 0.2) is 34.1 Å². The van der Waals surface area contributed by atoms with Gasteiger partial charge in [0.2, 0.25) is 0 Å². The van der Waals surface area contributed by atoms with Crippen LogP contribution in [0, 0.1) is 0 Å². The number of nitrogens with zero attached hydrogens (tertiary/aromatic N) is 4. The minimum absolute atomic E-state index is 0. The Kier molecular flexibility index (Phi) is 8.23. The fourth-order valence-electron chi connectivity index (χ4n) is 3.01. The molecule has 0 amide bonds. The first-order chi connectivity index (χ1) is 11.9. The number of furan rings is 1. The number of likely N-dealkylation sites (tertiary alicyclic amines) is 1. The van der Waals surface area contributed by atoms with Crippen LogP contribution in [0.2, 0.25) is 0 Å². The minimum atomic E-state index is 0. The maximum absolute atomic E-state index is 5.39. The van der Waals surface area contributed by atoms with Gasteiger partial charge >= 0.3 is 0 Å². The molecule has 1 fully saturated rings. The molecule has 0 atom stereocenters. The quantitative estimate of drug-likeness (QED) is 0.395. The number of rotatable bonds is 6. The molecule has 0 aromatic carbocycles. The Bertz CT molecular complexity index is 605. The molecule has 1 aliphatic rings. The van der Waals surface area contributed by atoms with Gasteiger partial charge in [-0.25, -0.2) is 4.98 Å². The molecule has 0 bridgehead atoms. The number of aliphatic imine (C=N–C) groups is 1. The number of hydrogen-bond donors (Lipinski definition) is 2. The molecule has 0 aliphatic carbocycles. The Morgan fingerprint density at radius 2 is 2.28 bits per heavy atom. The van der Waals surface area contributed by atoms with Gasteiger partial charge in [-0.2, -0.15) is 5.10 Å². The molecule has 7 nitrogen and oxygen atoms in total. The van der Waals surface area contributed by atoms with Crippen LogP contribution in [0.1, 0.15) is 43.7 Å². The summed E-state index contributed by atoms with van der Waals surface area (Å²) in [4.78, 5) is 11.4. The largest absolute Gasteiger partial charge is 0.469 e. The summed E-state index contributed by atoms with van der Waals surface area (Å²) in [5.74, 6) is 3.49. The zero-order valence-corrected chi connectivity index (χ0v) is 17.0. The molecule has 0 saturated carbocycles. The van der Waals surface area contributed by atoms with E-state index in [4.69, 9.17) is 9.41 Å². The highest BCUT2D eigenvalue weighted by atomic mass is 127. The SMILES string of the molecule is CCCN=C(NCCc1ccco1)N1CCC(c2ncn[nH]2)CC1.I. The summed E-state index contributed by atoms with van der Waals surface area (Å²) >= 11 is 0. The van der Waals surface area contributed by atoms with Crippen LogP contribution >= 0.6 is 24.0 Å². The van der Waals surface area contributed by atoms with Crippen molar-refractivity contribution in [3.8, 4) is 0 Å². The van der Waals surface area contributed by atoms with Gasteiger partial charge in [0.15, 0.2) is 5.96 Å². The smallest absolute Gasteiger partial charge is 0.193 e. The molecule has 2 aromatic rings. The van der Waals surface area contributed by atoms with Crippen molar-refractivity contribution in [3.05, 3.63) is 36.3 Å². The Morgan fingerprint density at radius 1 is 1.44 bits per heavy atom. The standard InChI is InChI=1S/C17H26N6O.HI/c1-2-8-18-17(19-9-5-15-4-3-12-24-15)23-10-6-14(7-11-23)16-20-13-21-22-16;/h3-4,12-14H,2,5-11H2,1H3,(H,18,19)(H,20,21,22);1H. The van der Waals surface area contributed by atoms with Crippen molar-refractivity contribution in [2.45, 2.75) is 38.5 Å². The van der Waals surface area contributed by atoms with E-state index in [1.807, 2.05) is 12.1 Å². The second-order valence-electron chi connectivity index (χ2n) is 6.09. The van der Waals surface area contributed by atoms with Crippen molar-refractivity contribution in [3.63, 3.8) is 0 Å². The summed E-state index contributed by atoms with van der Waals surface area (Å²) in [7, 11) is 0. The Hall–Kier alpha value is -1.58. The monoisotopic (exact) mass is 458 g/mol. The highest BCUT2D eigenvalue weighted by molar-refractivity contribution is 14.0. The summed E-state index contributed by atoms with van der Waals surface area (Å²) in [5.41, 5.74) is 0. The van der Waals surface area contributed by atoms with Crippen LogP contribution in [-0.4, -0.2) is 52.2 Å². The van der Waals surface area contributed by atoms with E-state index in [0.29, 0.717) is 5.92 Å². The Labute approximate surface area is 165 Å². The molecule has 138 valence electrons. The van der Waals surface area contributed by atoms with Crippen LogP contribution in [-0.2, 0) is 6.42 Å². The minimum Gasteiger partial charge on any atom is -0.469 e. The highest BCUT2D eigenvalue weighted by Gasteiger charge is 2.24. The van der Waals surface area contributed by atoms with Gasteiger partial charge in [0.25, 0.3) is 0 Å². The lowest BCUT2D eigenvalue weighted by Crippen LogP contribution is -2.46. The molecule has 3 heterocycles. The second kappa shape index (κ2) is 10.4. The molecule has 2 N–H and O–H groups in total. The van der Waals surface area contributed by atoms with E-state index in [9.17, 15) is 0 Å². The fraction of sp³-hybridized carbons (Fsp3) is 0.588. The number of halogens is 1. The molecule has 0 radical (unpaired) electrons. The van der Waals surface area contributed by atoms with E-state index in [2.05, 4.69) is 32.3 Å². The number of guanidine groups is 1. The van der Waals surface area contributed by atoms with Gasteiger partial charge in [0, 0.05) is 38.5 Å². The van der Waals surface area contributed by atoms with E-state index in [1.165, 1.54) is 0 Å². The fourth-order valence-corrected chi connectivity index (χ4v) is 3.01. The summed E-state index contributed by atoms with van der Waals surface area (Å²) in [6.45, 7) is 5.81. The number of aromatic amines is 1. The summed E-state index contributed by atoms with van der Waals surface area (Å²) in [5, 5.41) is 10.5. The number of aromatic nitrogens is 3. The van der Waals surface area contributed by atoms with Gasteiger partial charge in [-0.1, -0.05) is 6.92 Å². The summed E-state index contributed by atoms with van der Waals surface area (Å²) in [6.07, 6.45) is 7.37. The lowest BCUT2D eigenvalue weighted by Gasteiger charge is -2.33. The zero-order chi connectivity index (χ0) is 16.6. The van der Waals surface area contributed by atoms with Gasteiger partial charge in [-0.15, -0.1) is 24.0 Å². The van der Waals surface area contributed by atoms with E-state index in [-0.39, 0.29) is 24.0 Å². The van der Waals surface area contributed by atoms with Gasteiger partial charge in [0.1, 0.15) is 17.9 Å². The first-order valence-electron chi connectivity index (χ1n) is 8.77. The van der Waals surface area contributed by atoms with Crippen molar-refractivity contribution in [2.75, 3.05) is 26.2 Å². The Morgan fingerprint density at radius 3 is 2.92 bits per heavy atom. The molecule has 0 unspecified atom stereocenters. The van der Waals surface area contributed by atoms with Crippen molar-refractivity contribution in [2.24, 2.45) is 4.99 Å². The van der Waals surface area contributed by atoms with E-state index < -0.39 is 0 Å². The first kappa shape index (κ1) is 19.7. The van der Waals surface area contributed by atoms with Crippen LogP contribution < -0.4 is 5.32 Å². The van der Waals surface area contributed by atoms with E-state index in [1.54, 1.807) is 12.6 Å². The van der Waals surface area contributed by atoms with Crippen molar-refractivity contribution in [1.29, 1.82) is 0 Å². The van der Waals surface area contributed by atoms with Crippen molar-refractivity contribution in [1.82, 2.24) is 25.4 Å². The second-order valence-corrected chi connectivity index (χ2v) is 6.09. The molecule has 0 spiro atoms. The Balaban J connectivity index is 0.00000225. The lowest BCUT2D eigenvalue weighted by molar-refractivity contribution is 0.298. The maximum Gasteiger partial charge on any atom is 0.193 e. The zero-order valence-electron chi connectivity index (χ0n) is 14.6.